The summed E-state index contributed by atoms with van der Waals surface area (Å²) in [6.07, 6.45) is 8.07. The topological polar surface area (TPSA) is 126 Å². The van der Waals surface area contributed by atoms with Gasteiger partial charge < -0.3 is 14.5 Å². The van der Waals surface area contributed by atoms with E-state index in [2.05, 4.69) is 37.8 Å². The normalized spacial score (nSPS) is 17.8. The number of hydrogen-bond acceptors (Lipinski definition) is 9. The van der Waals surface area contributed by atoms with Crippen LogP contribution in [-0.4, -0.2) is 71.3 Å². The zero-order valence-corrected chi connectivity index (χ0v) is 23.0. The molecule has 4 aromatic rings. The summed E-state index contributed by atoms with van der Waals surface area (Å²) in [5.41, 5.74) is 2.85. The number of hydrogen-bond donors (Lipinski definition) is 0. The molecule has 1 fully saturated rings. The van der Waals surface area contributed by atoms with Gasteiger partial charge in [0.15, 0.2) is 5.65 Å². The van der Waals surface area contributed by atoms with E-state index in [1.165, 1.54) is 6.33 Å². The number of piperazine rings is 1. The van der Waals surface area contributed by atoms with E-state index in [-0.39, 0.29) is 18.2 Å². The van der Waals surface area contributed by atoms with Crippen LogP contribution in [0.25, 0.3) is 28.1 Å². The molecule has 0 N–H and O–H groups in total. The minimum absolute atomic E-state index is 0.0500. The lowest BCUT2D eigenvalue weighted by Gasteiger charge is -2.44. The molecule has 0 unspecified atom stereocenters. The Kier molecular flexibility index (Phi) is 6.64. The molecule has 0 spiro atoms. The zero-order chi connectivity index (χ0) is 27.9. The highest BCUT2D eigenvalue weighted by atomic mass is 16.6. The van der Waals surface area contributed by atoms with E-state index in [1.54, 1.807) is 35.6 Å². The van der Waals surface area contributed by atoms with Gasteiger partial charge in [0.25, 0.3) is 0 Å². The average Bonchev–Trinajstić information content (AvgIpc) is 3.29. The Bertz CT molecular complexity index is 1580. The average molecular weight is 526 g/mol. The summed E-state index contributed by atoms with van der Waals surface area (Å²) in [4.78, 5) is 39.9. The lowest BCUT2D eigenvalue weighted by molar-refractivity contribution is 0.0130. The third kappa shape index (κ3) is 4.97. The number of carbonyl (C=O) groups excluding carboxylic acids is 1. The van der Waals surface area contributed by atoms with Gasteiger partial charge in [-0.25, -0.2) is 19.7 Å². The van der Waals surface area contributed by atoms with Crippen molar-refractivity contribution in [1.29, 1.82) is 5.26 Å². The fourth-order valence-corrected chi connectivity index (χ4v) is 4.91. The predicted molar refractivity (Wildman–Crippen MR) is 146 cm³/mol. The number of fused-ring (bicyclic) bond motifs is 1. The van der Waals surface area contributed by atoms with Crippen LogP contribution in [0.15, 0.2) is 43.2 Å². The number of aromatic nitrogens is 6. The molecule has 11 nitrogen and oxygen atoms in total. The van der Waals surface area contributed by atoms with Gasteiger partial charge >= 0.3 is 6.09 Å². The van der Waals surface area contributed by atoms with Crippen molar-refractivity contribution in [3.05, 3.63) is 54.5 Å². The first kappa shape index (κ1) is 26.0. The first-order valence-electron chi connectivity index (χ1n) is 12.8. The molecule has 1 saturated heterocycles. The van der Waals surface area contributed by atoms with E-state index in [4.69, 9.17) is 9.72 Å². The minimum atomic E-state index is -0.570. The molecule has 39 heavy (non-hydrogen) atoms. The van der Waals surface area contributed by atoms with Crippen LogP contribution in [0.4, 0.5) is 10.6 Å². The molecule has 1 aliphatic rings. The Balaban J connectivity index is 1.64. The molecule has 2 atom stereocenters. The van der Waals surface area contributed by atoms with E-state index in [0.29, 0.717) is 35.8 Å². The Morgan fingerprint density at radius 3 is 2.54 bits per heavy atom. The summed E-state index contributed by atoms with van der Waals surface area (Å²) in [6.45, 7) is 12.6. The van der Waals surface area contributed by atoms with Crippen molar-refractivity contribution < 1.29 is 9.53 Å². The fourth-order valence-electron chi connectivity index (χ4n) is 4.91. The van der Waals surface area contributed by atoms with Crippen LogP contribution in [0, 0.1) is 18.3 Å². The summed E-state index contributed by atoms with van der Waals surface area (Å²) in [5.74, 6) is 1.30. The molecule has 5 heterocycles. The molecule has 1 aliphatic heterocycles. The second kappa shape index (κ2) is 9.94. The molecule has 0 aliphatic carbocycles. The number of nitrogens with zero attached hydrogens (tertiary/aromatic N) is 9. The van der Waals surface area contributed by atoms with Crippen LogP contribution in [0.2, 0.25) is 0 Å². The van der Waals surface area contributed by atoms with Crippen molar-refractivity contribution >= 4 is 22.9 Å². The van der Waals surface area contributed by atoms with Gasteiger partial charge in [-0.05, 0) is 53.7 Å². The van der Waals surface area contributed by atoms with Gasteiger partial charge in [-0.15, -0.1) is 0 Å². The maximum atomic E-state index is 12.9. The number of rotatable bonds is 3. The lowest BCUT2D eigenvalue weighted by atomic mass is 10.1. The van der Waals surface area contributed by atoms with Crippen LogP contribution in [-0.2, 0) is 4.74 Å². The lowest BCUT2D eigenvalue weighted by Crippen LogP contribution is -2.59. The van der Waals surface area contributed by atoms with Crippen molar-refractivity contribution in [3.8, 4) is 23.1 Å². The highest BCUT2D eigenvalue weighted by Crippen LogP contribution is 2.38. The van der Waals surface area contributed by atoms with Crippen molar-refractivity contribution in [2.45, 2.75) is 59.2 Å². The van der Waals surface area contributed by atoms with E-state index in [1.807, 2.05) is 45.4 Å². The summed E-state index contributed by atoms with van der Waals surface area (Å²) in [5, 5.41) is 10.3. The highest BCUT2D eigenvalue weighted by molar-refractivity contribution is 6.02. The van der Waals surface area contributed by atoms with Crippen molar-refractivity contribution in [3.63, 3.8) is 0 Å². The molecular formula is C28H31N9O2. The van der Waals surface area contributed by atoms with Gasteiger partial charge in [0.2, 0.25) is 0 Å². The molecule has 0 aromatic carbocycles. The standard InChI is InChI=1S/C28H31N9O2/c1-17-14-36(27(38)39-28(4,5)6)18(2)13-35(17)25-23-21(24-19(3)30-9-10-32-24)15-37(26(23)34-16-33-25)22-11-20(12-29)7-8-31-22/h7-11,15-18H,13-14H2,1-6H3/t17-,18+/m0/s1. The molecule has 0 saturated carbocycles. The van der Waals surface area contributed by atoms with E-state index < -0.39 is 5.60 Å². The minimum Gasteiger partial charge on any atom is -0.444 e. The maximum absolute atomic E-state index is 12.9. The Morgan fingerprint density at radius 2 is 1.82 bits per heavy atom. The molecule has 5 rings (SSSR count). The fraction of sp³-hybridized carbons (Fsp3) is 0.393. The first-order valence-corrected chi connectivity index (χ1v) is 12.8. The summed E-state index contributed by atoms with van der Waals surface area (Å²) in [7, 11) is 0. The molecule has 4 aromatic heterocycles. The SMILES string of the molecule is Cc1nccnc1-c1cn(-c2cc(C#N)ccn2)c2ncnc(N3C[C@@H](C)N(C(=O)OC(C)(C)C)C[C@@H]3C)c12. The van der Waals surface area contributed by atoms with Gasteiger partial charge in [0.1, 0.15) is 23.6 Å². The van der Waals surface area contributed by atoms with Gasteiger partial charge in [-0.2, -0.15) is 5.26 Å². The summed E-state index contributed by atoms with van der Waals surface area (Å²) >= 11 is 0. The number of nitriles is 1. The molecule has 0 bridgehead atoms. The molecule has 200 valence electrons. The zero-order valence-electron chi connectivity index (χ0n) is 23.0. The van der Waals surface area contributed by atoms with Crippen molar-refractivity contribution in [1.82, 2.24) is 34.4 Å². The number of pyridine rings is 1. The van der Waals surface area contributed by atoms with Crippen LogP contribution < -0.4 is 4.90 Å². The van der Waals surface area contributed by atoms with Crippen LogP contribution in [0.3, 0.4) is 0 Å². The maximum Gasteiger partial charge on any atom is 0.410 e. The van der Waals surface area contributed by atoms with Gasteiger partial charge in [0, 0.05) is 55.5 Å². The van der Waals surface area contributed by atoms with Crippen molar-refractivity contribution in [2.75, 3.05) is 18.0 Å². The molecule has 1 amide bonds. The number of amides is 1. The Hall–Kier alpha value is -4.59. The predicted octanol–water partition coefficient (Wildman–Crippen LogP) is 4.29. The Morgan fingerprint density at radius 1 is 1.05 bits per heavy atom. The smallest absolute Gasteiger partial charge is 0.410 e. The largest absolute Gasteiger partial charge is 0.444 e. The number of anilines is 1. The van der Waals surface area contributed by atoms with E-state index in [0.717, 1.165) is 22.5 Å². The van der Waals surface area contributed by atoms with E-state index in [9.17, 15) is 10.1 Å². The third-order valence-electron chi connectivity index (χ3n) is 6.71. The van der Waals surface area contributed by atoms with Gasteiger partial charge in [0.05, 0.1) is 28.4 Å². The van der Waals surface area contributed by atoms with Crippen LogP contribution >= 0.6 is 0 Å². The second-order valence-corrected chi connectivity index (χ2v) is 10.8. The molecule has 11 heteroatoms. The molecule has 0 radical (unpaired) electrons. The van der Waals surface area contributed by atoms with Crippen molar-refractivity contribution in [2.24, 2.45) is 0 Å². The van der Waals surface area contributed by atoms with E-state index >= 15 is 0 Å². The van der Waals surface area contributed by atoms with Gasteiger partial charge in [-0.1, -0.05) is 0 Å². The van der Waals surface area contributed by atoms with Crippen LogP contribution in [0.5, 0.6) is 0 Å². The number of aryl methyl sites for hydroxylation is 1. The Labute approximate surface area is 227 Å². The first-order chi connectivity index (χ1) is 18.6. The third-order valence-corrected chi connectivity index (χ3v) is 6.71. The van der Waals surface area contributed by atoms with Gasteiger partial charge in [-0.3, -0.25) is 14.5 Å². The number of carbonyl (C=O) groups is 1. The second-order valence-electron chi connectivity index (χ2n) is 10.8. The monoisotopic (exact) mass is 525 g/mol. The quantitative estimate of drug-likeness (QED) is 0.385. The molecular weight excluding hydrogens is 494 g/mol. The van der Waals surface area contributed by atoms with Crippen LogP contribution in [0.1, 0.15) is 45.9 Å². The summed E-state index contributed by atoms with van der Waals surface area (Å²) in [6, 6.07) is 5.40. The number of ether oxygens (including phenoxy) is 1. The highest BCUT2D eigenvalue weighted by Gasteiger charge is 2.36. The summed E-state index contributed by atoms with van der Waals surface area (Å²) < 4.78 is 7.52.